The number of quaternary nitrogens is 1. The number of rotatable bonds is 7. The van der Waals surface area contributed by atoms with Gasteiger partial charge in [0, 0.05) is 17.7 Å². The van der Waals surface area contributed by atoms with Gasteiger partial charge in [-0.15, -0.1) is 0 Å². The largest absolute Gasteiger partial charge is 0.500 e. The van der Waals surface area contributed by atoms with Crippen LogP contribution in [0.3, 0.4) is 0 Å². The zero-order chi connectivity index (χ0) is 23.6. The number of allylic oxidation sites excluding steroid dienone is 1. The van der Waals surface area contributed by atoms with Crippen molar-refractivity contribution in [3.05, 3.63) is 70.5 Å². The molecule has 4 rings (SSSR count). The molecule has 2 aliphatic heterocycles. The minimum atomic E-state index is 0.163. The van der Waals surface area contributed by atoms with Crippen LogP contribution in [0.25, 0.3) is 5.57 Å². The predicted octanol–water partition coefficient (Wildman–Crippen LogP) is 5.27. The Morgan fingerprint density at radius 2 is 1.94 bits per heavy atom. The van der Waals surface area contributed by atoms with Gasteiger partial charge in [-0.3, -0.25) is 9.78 Å². The summed E-state index contributed by atoms with van der Waals surface area (Å²) in [6.45, 7) is 5.93. The van der Waals surface area contributed by atoms with Crippen molar-refractivity contribution >= 4 is 22.7 Å². The molecule has 0 saturated carbocycles. The number of methoxy groups -OCH3 is 1. The van der Waals surface area contributed by atoms with E-state index in [2.05, 4.69) is 55.9 Å². The lowest BCUT2D eigenvalue weighted by Crippen LogP contribution is -2.44. The number of likely N-dealkylation sites (N-methyl/N-ethyl adjacent to an activating group) is 1. The number of fused-ring (bicyclic) bond motifs is 1. The minimum Gasteiger partial charge on any atom is -0.500 e. The van der Waals surface area contributed by atoms with Gasteiger partial charge in [0.05, 0.1) is 56.8 Å². The number of nitrogens with zero attached hydrogens (tertiary/aromatic N) is 2. The fraction of sp³-hybridized carbons (Fsp3) is 0.407. The highest BCUT2D eigenvalue weighted by molar-refractivity contribution is 5.96. The van der Waals surface area contributed by atoms with Crippen molar-refractivity contribution in [2.75, 3.05) is 44.9 Å². The highest BCUT2D eigenvalue weighted by Gasteiger charge is 2.29. The van der Waals surface area contributed by atoms with E-state index in [9.17, 15) is 4.79 Å². The molecule has 0 bridgehead atoms. The molecule has 1 aromatic heterocycles. The normalized spacial score (nSPS) is 18.0. The smallest absolute Gasteiger partial charge is 0.163 e. The number of ether oxygens (including phenoxy) is 1. The van der Waals surface area contributed by atoms with Crippen molar-refractivity contribution in [3.63, 3.8) is 0 Å². The number of hydrogen-bond donors (Lipinski definition) is 2. The maximum absolute atomic E-state index is 13.0. The Kier molecular flexibility index (Phi) is 6.56. The molecular formula is C27H35N4O2+. The Labute approximate surface area is 197 Å². The number of carbonyl (C=O) groups excluding carboxylic acids is 1. The number of aryl methyl sites for hydroxylation is 2. The molecule has 3 heterocycles. The van der Waals surface area contributed by atoms with Crippen LogP contribution in [-0.4, -0.2) is 49.5 Å². The predicted molar refractivity (Wildman–Crippen MR) is 134 cm³/mol. The van der Waals surface area contributed by atoms with E-state index in [1.165, 1.54) is 5.56 Å². The number of carbonyl (C=O) groups is 1. The summed E-state index contributed by atoms with van der Waals surface area (Å²) in [7, 11) is 6.16. The van der Waals surface area contributed by atoms with Crippen molar-refractivity contribution in [2.45, 2.75) is 39.5 Å². The van der Waals surface area contributed by atoms with E-state index >= 15 is 0 Å². The first kappa shape index (κ1) is 23.1. The van der Waals surface area contributed by atoms with Gasteiger partial charge in [0.2, 0.25) is 0 Å². The van der Waals surface area contributed by atoms with Crippen LogP contribution in [0, 0.1) is 13.8 Å². The SMILES string of the molecule is COC1=C(c2cc(C(=O)CCC/C=C3/Nc4ccc(C)cc4N3)cc(C)n2)C[N+](C)(C)CC1. The lowest BCUT2D eigenvalue weighted by atomic mass is 9.98. The molecular weight excluding hydrogens is 412 g/mol. The second-order valence-corrected chi connectivity index (χ2v) is 9.79. The number of anilines is 2. The summed E-state index contributed by atoms with van der Waals surface area (Å²) in [5.74, 6) is 2.14. The molecule has 0 amide bonds. The zero-order valence-electron chi connectivity index (χ0n) is 20.4. The van der Waals surface area contributed by atoms with E-state index in [1.54, 1.807) is 7.11 Å². The number of aromatic nitrogens is 1. The Morgan fingerprint density at radius 1 is 1.15 bits per heavy atom. The van der Waals surface area contributed by atoms with Gasteiger partial charge in [0.25, 0.3) is 0 Å². The molecule has 0 spiro atoms. The van der Waals surface area contributed by atoms with Crippen LogP contribution in [0.2, 0.25) is 0 Å². The van der Waals surface area contributed by atoms with Crippen LogP contribution >= 0.6 is 0 Å². The number of hydrogen-bond acceptors (Lipinski definition) is 5. The van der Waals surface area contributed by atoms with Crippen molar-refractivity contribution in [3.8, 4) is 0 Å². The average molecular weight is 448 g/mol. The Balaban J connectivity index is 1.40. The van der Waals surface area contributed by atoms with Gasteiger partial charge >= 0.3 is 0 Å². The fourth-order valence-corrected chi connectivity index (χ4v) is 4.53. The fourth-order valence-electron chi connectivity index (χ4n) is 4.53. The van der Waals surface area contributed by atoms with Crippen LogP contribution in [0.4, 0.5) is 11.4 Å². The van der Waals surface area contributed by atoms with E-state index in [4.69, 9.17) is 9.72 Å². The van der Waals surface area contributed by atoms with Crippen molar-refractivity contribution < 1.29 is 14.0 Å². The molecule has 6 nitrogen and oxygen atoms in total. The second-order valence-electron chi connectivity index (χ2n) is 9.79. The number of unbranched alkanes of at least 4 members (excludes halogenated alkanes) is 1. The molecule has 0 radical (unpaired) electrons. The highest BCUT2D eigenvalue weighted by Crippen LogP contribution is 2.32. The molecule has 0 atom stereocenters. The molecule has 0 unspecified atom stereocenters. The molecule has 2 aromatic rings. The molecule has 0 aliphatic carbocycles. The van der Waals surface area contributed by atoms with Crippen LogP contribution in [-0.2, 0) is 4.74 Å². The number of ketones is 1. The molecule has 0 saturated heterocycles. The van der Waals surface area contributed by atoms with E-state index in [1.807, 2.05) is 19.1 Å². The first-order valence-electron chi connectivity index (χ1n) is 11.7. The van der Waals surface area contributed by atoms with Gasteiger partial charge in [-0.25, -0.2) is 0 Å². The molecule has 2 N–H and O–H groups in total. The summed E-state index contributed by atoms with van der Waals surface area (Å²) >= 11 is 0. The molecule has 174 valence electrons. The van der Waals surface area contributed by atoms with Crippen LogP contribution in [0.5, 0.6) is 0 Å². The third kappa shape index (κ3) is 5.45. The van der Waals surface area contributed by atoms with E-state index < -0.39 is 0 Å². The Morgan fingerprint density at radius 3 is 2.73 bits per heavy atom. The summed E-state index contributed by atoms with van der Waals surface area (Å²) < 4.78 is 6.57. The van der Waals surface area contributed by atoms with E-state index in [0.29, 0.717) is 6.42 Å². The number of nitrogens with one attached hydrogen (secondary N) is 2. The summed E-state index contributed by atoms with van der Waals surface area (Å²) in [4.78, 5) is 17.7. The zero-order valence-corrected chi connectivity index (χ0v) is 20.4. The Bertz CT molecular complexity index is 1130. The van der Waals surface area contributed by atoms with Crippen LogP contribution < -0.4 is 10.6 Å². The van der Waals surface area contributed by atoms with E-state index in [-0.39, 0.29) is 5.78 Å². The molecule has 33 heavy (non-hydrogen) atoms. The number of Topliss-reactive ketones (excluding diaryl/α,β-unsaturated/α-hetero) is 1. The van der Waals surface area contributed by atoms with Gasteiger partial charge < -0.3 is 19.9 Å². The second kappa shape index (κ2) is 9.40. The van der Waals surface area contributed by atoms with E-state index in [0.717, 1.165) is 82.3 Å². The first-order chi connectivity index (χ1) is 15.7. The lowest BCUT2D eigenvalue weighted by Gasteiger charge is -2.35. The standard InChI is InChI=1S/C27H34N4O2/c1-18-10-11-22-24(14-18)30-27(29-22)9-7-6-8-25(32)20-15-19(2)28-23(16-20)21-17-31(3,4)13-12-26(21)33-5/h9-11,14-16H,6-8,12-13,17H2,1-5H3,(H-,28,29,30,32)/p+1/b27-9-. The highest BCUT2D eigenvalue weighted by atomic mass is 16.5. The van der Waals surface area contributed by atoms with Gasteiger partial charge in [0.15, 0.2) is 5.78 Å². The van der Waals surface area contributed by atoms with Crippen LogP contribution in [0.15, 0.2) is 48.0 Å². The van der Waals surface area contributed by atoms with Crippen molar-refractivity contribution in [1.82, 2.24) is 4.98 Å². The summed E-state index contributed by atoms with van der Waals surface area (Å²) in [6.07, 6.45) is 5.15. The third-order valence-electron chi connectivity index (χ3n) is 6.37. The number of pyridine rings is 1. The Hall–Kier alpha value is -3.12. The van der Waals surface area contributed by atoms with Crippen molar-refractivity contribution in [1.29, 1.82) is 0 Å². The van der Waals surface area contributed by atoms with Gasteiger partial charge in [0.1, 0.15) is 18.1 Å². The first-order valence-corrected chi connectivity index (χ1v) is 11.7. The summed E-state index contributed by atoms with van der Waals surface area (Å²) in [5, 5.41) is 6.79. The molecule has 0 fully saturated rings. The molecule has 2 aliphatic rings. The third-order valence-corrected chi connectivity index (χ3v) is 6.37. The average Bonchev–Trinajstić information content (AvgIpc) is 3.17. The molecule has 1 aromatic carbocycles. The van der Waals surface area contributed by atoms with Gasteiger partial charge in [-0.05, 0) is 62.6 Å². The lowest BCUT2D eigenvalue weighted by molar-refractivity contribution is -0.884. The maximum atomic E-state index is 13.0. The minimum absolute atomic E-state index is 0.163. The van der Waals surface area contributed by atoms with Crippen LogP contribution in [0.1, 0.15) is 53.0 Å². The maximum Gasteiger partial charge on any atom is 0.163 e. The topological polar surface area (TPSA) is 63.2 Å². The number of benzene rings is 1. The summed E-state index contributed by atoms with van der Waals surface area (Å²) in [6, 6.07) is 10.2. The monoisotopic (exact) mass is 447 g/mol. The quantitative estimate of drug-likeness (QED) is 0.344. The molecule has 6 heteroatoms. The summed E-state index contributed by atoms with van der Waals surface area (Å²) in [5.41, 5.74) is 7.02. The van der Waals surface area contributed by atoms with Gasteiger partial charge in [-0.1, -0.05) is 6.07 Å². The van der Waals surface area contributed by atoms with Crippen molar-refractivity contribution in [2.24, 2.45) is 0 Å². The van der Waals surface area contributed by atoms with Gasteiger partial charge in [-0.2, -0.15) is 0 Å².